The summed E-state index contributed by atoms with van der Waals surface area (Å²) in [7, 11) is 1.28. The van der Waals surface area contributed by atoms with E-state index in [1.165, 1.54) is 37.4 Å². The van der Waals surface area contributed by atoms with Gasteiger partial charge in [0.2, 0.25) is 5.88 Å². The molecule has 1 aliphatic carbocycles. The first kappa shape index (κ1) is 23.5. The smallest absolute Gasteiger partial charge is 0.310 e. The van der Waals surface area contributed by atoms with E-state index in [4.69, 9.17) is 21.1 Å². The number of methoxy groups -OCH3 is 1. The van der Waals surface area contributed by atoms with E-state index in [0.717, 1.165) is 0 Å². The fourth-order valence-electron chi connectivity index (χ4n) is 5.56. The second-order valence-electron chi connectivity index (χ2n) is 8.55. The molecule has 0 saturated heterocycles. The van der Waals surface area contributed by atoms with Gasteiger partial charge in [0.05, 0.1) is 18.6 Å². The number of hydrogen-bond donors (Lipinski definition) is 3. The van der Waals surface area contributed by atoms with Crippen LogP contribution in [-0.2, 0) is 16.0 Å². The Bertz CT molecular complexity index is 1290. The van der Waals surface area contributed by atoms with Crippen LogP contribution >= 0.6 is 11.6 Å². The molecule has 5 rings (SSSR count). The molecule has 10 heteroatoms. The lowest BCUT2D eigenvalue weighted by atomic mass is 9.70. The number of carboxylic acid groups (broad SMARTS) is 1. The van der Waals surface area contributed by atoms with Gasteiger partial charge in [-0.15, -0.1) is 0 Å². The summed E-state index contributed by atoms with van der Waals surface area (Å²) < 4.78 is 38.3. The largest absolute Gasteiger partial charge is 0.481 e. The highest BCUT2D eigenvalue weighted by Gasteiger charge is 2.78. The predicted molar refractivity (Wildman–Crippen MR) is 120 cm³/mol. The summed E-state index contributed by atoms with van der Waals surface area (Å²) in [6, 6.07) is 14.8. The number of pyridine rings is 1. The number of aliphatic hydroxyl groups is 2. The monoisotopic (exact) mass is 503 g/mol. The molecule has 2 aromatic carbocycles. The van der Waals surface area contributed by atoms with Crippen LogP contribution in [0.25, 0.3) is 0 Å². The fraction of sp³-hybridized carbons (Fsp3) is 0.280. The highest BCUT2D eigenvalue weighted by Crippen LogP contribution is 2.69. The molecule has 182 valence electrons. The number of aromatic nitrogens is 1. The molecule has 1 saturated carbocycles. The van der Waals surface area contributed by atoms with Crippen molar-refractivity contribution in [1.82, 2.24) is 4.98 Å². The molecule has 7 nitrogen and oxygen atoms in total. The standard InChI is InChI=1S/C25H20ClF2NO6/c1-34-22-19-15(11-16(26)29-22)35-25(14-9-7-13(8-10-14)21(27)28)18(12-5-3-2-4-6-12)17(23(31)32)20(30)24(19,25)33/h2-11,17-18,20-21,30,33H,1H3,(H,31,32). The molecule has 1 aromatic heterocycles. The summed E-state index contributed by atoms with van der Waals surface area (Å²) in [5, 5.41) is 34.0. The number of fused-ring (bicyclic) bond motifs is 3. The van der Waals surface area contributed by atoms with Crippen LogP contribution in [0.5, 0.6) is 11.6 Å². The van der Waals surface area contributed by atoms with E-state index in [1.54, 1.807) is 30.3 Å². The number of carboxylic acids is 1. The Hall–Kier alpha value is -3.27. The molecule has 2 heterocycles. The summed E-state index contributed by atoms with van der Waals surface area (Å²) in [6.45, 7) is 0. The predicted octanol–water partition coefficient (Wildman–Crippen LogP) is 4.02. The lowest BCUT2D eigenvalue weighted by molar-refractivity contribution is -0.159. The lowest BCUT2D eigenvalue weighted by Crippen LogP contribution is -2.52. The lowest BCUT2D eigenvalue weighted by Gasteiger charge is -2.40. The van der Waals surface area contributed by atoms with Crippen LogP contribution in [0.4, 0.5) is 8.78 Å². The van der Waals surface area contributed by atoms with Gasteiger partial charge in [0.15, 0.2) is 11.2 Å². The highest BCUT2D eigenvalue weighted by molar-refractivity contribution is 6.29. The summed E-state index contributed by atoms with van der Waals surface area (Å²) in [6.07, 6.45) is -4.63. The van der Waals surface area contributed by atoms with Crippen molar-refractivity contribution in [2.45, 2.75) is 29.6 Å². The normalized spacial score (nSPS) is 28.9. The number of aliphatic carboxylic acids is 1. The van der Waals surface area contributed by atoms with Gasteiger partial charge in [-0.25, -0.2) is 13.8 Å². The highest BCUT2D eigenvalue weighted by atomic mass is 35.5. The van der Waals surface area contributed by atoms with Gasteiger partial charge in [-0.2, -0.15) is 0 Å². The Morgan fingerprint density at radius 3 is 2.40 bits per heavy atom. The third-order valence-corrected chi connectivity index (χ3v) is 7.12. The number of aliphatic hydroxyl groups excluding tert-OH is 1. The molecule has 0 amide bonds. The maximum atomic E-state index is 13.3. The molecule has 1 aliphatic heterocycles. The van der Waals surface area contributed by atoms with Gasteiger partial charge in [-0.05, 0) is 11.1 Å². The van der Waals surface area contributed by atoms with Gasteiger partial charge >= 0.3 is 5.97 Å². The van der Waals surface area contributed by atoms with Crippen molar-refractivity contribution in [2.75, 3.05) is 7.11 Å². The third-order valence-electron chi connectivity index (χ3n) is 6.93. The average Bonchev–Trinajstić information content (AvgIpc) is 3.22. The van der Waals surface area contributed by atoms with E-state index in [1.807, 2.05) is 0 Å². The molecular weight excluding hydrogens is 484 g/mol. The minimum absolute atomic E-state index is 0.0205. The number of hydrogen-bond acceptors (Lipinski definition) is 6. The van der Waals surface area contributed by atoms with E-state index in [-0.39, 0.29) is 33.5 Å². The first-order valence-corrected chi connectivity index (χ1v) is 11.1. The Morgan fingerprint density at radius 2 is 1.83 bits per heavy atom. The summed E-state index contributed by atoms with van der Waals surface area (Å²) in [5.41, 5.74) is -4.02. The molecule has 0 radical (unpaired) electrons. The molecule has 0 bridgehead atoms. The third kappa shape index (κ3) is 3.08. The summed E-state index contributed by atoms with van der Waals surface area (Å²) in [4.78, 5) is 16.6. The molecule has 2 aliphatic rings. The summed E-state index contributed by atoms with van der Waals surface area (Å²) >= 11 is 6.13. The van der Waals surface area contributed by atoms with Crippen molar-refractivity contribution < 1.29 is 38.4 Å². The van der Waals surface area contributed by atoms with Gasteiger partial charge in [0, 0.05) is 17.5 Å². The number of ether oxygens (including phenoxy) is 2. The number of benzene rings is 2. The Kier molecular flexibility index (Phi) is 5.47. The Balaban J connectivity index is 1.87. The molecule has 5 unspecified atom stereocenters. The van der Waals surface area contributed by atoms with E-state index < -0.39 is 41.5 Å². The number of nitrogens with zero attached hydrogens (tertiary/aromatic N) is 1. The number of carbonyl (C=O) groups is 1. The SMILES string of the molecule is COc1nc(Cl)cc2c1C1(O)C(O)C(C(=O)O)C(c3ccccc3)C1(c1ccc(C(F)F)cc1)O2. The van der Waals surface area contributed by atoms with Crippen LogP contribution in [0.15, 0.2) is 60.7 Å². The molecular formula is C25H20ClF2NO6. The first-order valence-electron chi connectivity index (χ1n) is 10.7. The Morgan fingerprint density at radius 1 is 1.17 bits per heavy atom. The zero-order valence-corrected chi connectivity index (χ0v) is 19.0. The maximum Gasteiger partial charge on any atom is 0.310 e. The van der Waals surface area contributed by atoms with Crippen molar-refractivity contribution in [2.24, 2.45) is 5.92 Å². The maximum absolute atomic E-state index is 13.3. The van der Waals surface area contributed by atoms with E-state index in [9.17, 15) is 28.9 Å². The quantitative estimate of drug-likeness (QED) is 0.451. The van der Waals surface area contributed by atoms with Crippen molar-refractivity contribution in [3.8, 4) is 11.6 Å². The fourth-order valence-corrected chi connectivity index (χ4v) is 5.74. The number of rotatable bonds is 5. The zero-order valence-electron chi connectivity index (χ0n) is 18.2. The Labute approximate surface area is 203 Å². The van der Waals surface area contributed by atoms with Crippen LogP contribution in [0.2, 0.25) is 5.15 Å². The minimum atomic E-state index is -2.74. The van der Waals surface area contributed by atoms with Crippen molar-refractivity contribution in [3.05, 3.63) is 88.1 Å². The van der Waals surface area contributed by atoms with Gasteiger partial charge in [0.1, 0.15) is 17.0 Å². The van der Waals surface area contributed by atoms with Crippen molar-refractivity contribution in [3.63, 3.8) is 0 Å². The average molecular weight is 504 g/mol. The molecule has 0 spiro atoms. The van der Waals surface area contributed by atoms with Gasteiger partial charge in [-0.1, -0.05) is 66.2 Å². The molecule has 1 fully saturated rings. The molecule has 3 aromatic rings. The zero-order chi connectivity index (χ0) is 25.1. The molecule has 35 heavy (non-hydrogen) atoms. The van der Waals surface area contributed by atoms with Crippen LogP contribution < -0.4 is 9.47 Å². The van der Waals surface area contributed by atoms with Gasteiger partial charge in [0.25, 0.3) is 6.43 Å². The topological polar surface area (TPSA) is 109 Å². The van der Waals surface area contributed by atoms with Crippen LogP contribution in [0.1, 0.15) is 34.6 Å². The van der Waals surface area contributed by atoms with E-state index in [0.29, 0.717) is 5.56 Å². The van der Waals surface area contributed by atoms with Crippen molar-refractivity contribution >= 4 is 17.6 Å². The second-order valence-corrected chi connectivity index (χ2v) is 8.94. The van der Waals surface area contributed by atoms with Crippen LogP contribution in [-0.4, -0.2) is 39.5 Å². The second kappa shape index (κ2) is 8.15. The van der Waals surface area contributed by atoms with Gasteiger partial charge < -0.3 is 24.8 Å². The molecule has 3 N–H and O–H groups in total. The van der Waals surface area contributed by atoms with E-state index >= 15 is 0 Å². The minimum Gasteiger partial charge on any atom is -0.481 e. The number of halogens is 3. The van der Waals surface area contributed by atoms with Crippen LogP contribution in [0.3, 0.4) is 0 Å². The van der Waals surface area contributed by atoms with E-state index in [2.05, 4.69) is 4.98 Å². The van der Waals surface area contributed by atoms with Crippen LogP contribution in [0, 0.1) is 5.92 Å². The number of alkyl halides is 2. The molecule has 5 atom stereocenters. The summed E-state index contributed by atoms with van der Waals surface area (Å²) in [5.74, 6) is -4.17. The van der Waals surface area contributed by atoms with Crippen molar-refractivity contribution in [1.29, 1.82) is 0 Å². The first-order chi connectivity index (χ1) is 16.7. The van der Waals surface area contributed by atoms with Gasteiger partial charge in [-0.3, -0.25) is 4.79 Å².